The van der Waals surface area contributed by atoms with Gasteiger partial charge in [-0.3, -0.25) is 9.69 Å². The topological polar surface area (TPSA) is 111 Å². The number of oxime groups is 1. The van der Waals surface area contributed by atoms with Crippen LogP contribution >= 0.6 is 0 Å². The number of pyridine rings is 1. The zero-order chi connectivity index (χ0) is 28.2. The number of alkyl carbamates (subject to hydrolysis) is 1. The van der Waals surface area contributed by atoms with Gasteiger partial charge in [-0.1, -0.05) is 25.1 Å². The van der Waals surface area contributed by atoms with Crippen LogP contribution in [-0.4, -0.2) is 51.1 Å². The lowest BCUT2D eigenvalue weighted by atomic mass is 10.1. The molecule has 0 unspecified atom stereocenters. The first-order chi connectivity index (χ1) is 18.6. The van der Waals surface area contributed by atoms with Crippen molar-refractivity contribution in [3.8, 4) is 0 Å². The van der Waals surface area contributed by atoms with Crippen molar-refractivity contribution in [1.82, 2.24) is 19.9 Å². The maximum atomic E-state index is 13.3. The molecule has 10 nitrogen and oxygen atoms in total. The second-order valence-electron chi connectivity index (χ2n) is 10.8. The number of ether oxygens (including phenoxy) is 1. The van der Waals surface area contributed by atoms with Gasteiger partial charge in [0.2, 0.25) is 0 Å². The Labute approximate surface area is 227 Å². The molecule has 0 bridgehead atoms. The Morgan fingerprint density at radius 2 is 2.03 bits per heavy atom. The van der Waals surface area contributed by atoms with Gasteiger partial charge in [0.15, 0.2) is 5.71 Å². The summed E-state index contributed by atoms with van der Waals surface area (Å²) in [4.78, 5) is 41.3. The number of alkyl halides is 1. The summed E-state index contributed by atoms with van der Waals surface area (Å²) in [5.74, 6) is 1.23. The largest absolute Gasteiger partial charge is 0.444 e. The molecule has 2 amide bonds. The van der Waals surface area contributed by atoms with E-state index in [9.17, 15) is 14.0 Å². The van der Waals surface area contributed by atoms with Gasteiger partial charge in [0.05, 0.1) is 23.1 Å². The summed E-state index contributed by atoms with van der Waals surface area (Å²) in [6, 6.07) is 9.31. The van der Waals surface area contributed by atoms with Gasteiger partial charge in [0.25, 0.3) is 5.91 Å². The number of rotatable bonds is 10. The Balaban J connectivity index is 1.63. The van der Waals surface area contributed by atoms with E-state index < -0.39 is 18.4 Å². The predicted molar refractivity (Wildman–Crippen MR) is 146 cm³/mol. The Bertz CT molecular complexity index is 1380. The quantitative estimate of drug-likeness (QED) is 0.295. The number of nitrogens with zero attached hydrogens (tertiary/aromatic N) is 5. The van der Waals surface area contributed by atoms with Gasteiger partial charge in [0, 0.05) is 19.3 Å². The number of halogens is 1. The summed E-state index contributed by atoms with van der Waals surface area (Å²) in [5.41, 5.74) is 2.60. The molecular formula is C28H35FN6O4. The van der Waals surface area contributed by atoms with E-state index in [4.69, 9.17) is 14.6 Å². The second-order valence-corrected chi connectivity index (χ2v) is 10.8. The molecule has 11 heteroatoms. The average molecular weight is 539 g/mol. The molecule has 208 valence electrons. The zero-order valence-electron chi connectivity index (χ0n) is 23.0. The summed E-state index contributed by atoms with van der Waals surface area (Å²) in [5, 5.41) is 6.67. The van der Waals surface area contributed by atoms with Gasteiger partial charge < -0.3 is 19.5 Å². The fraction of sp³-hybridized carbons (Fsp3) is 0.464. The minimum absolute atomic E-state index is 0.0897. The van der Waals surface area contributed by atoms with Gasteiger partial charge in [-0.25, -0.2) is 19.2 Å². The standard InChI is InChI=1S/C28H35FN6O4/c1-18(2)10-13-34-22-9-8-19(16-31-27(37)39-28(3,4)5)15-21(22)32-23(34)17-35-25-20(7-6-12-30-25)24(26(35)36)33-38-14-11-29/h6-9,12,15,18H,10-11,13-14,16-17H2,1-5H3,(H,31,37)/b33-24-. The van der Waals surface area contributed by atoms with E-state index in [0.717, 1.165) is 29.6 Å². The molecule has 2 aromatic heterocycles. The third-order valence-electron chi connectivity index (χ3n) is 6.03. The molecular weight excluding hydrogens is 503 g/mol. The molecule has 0 fully saturated rings. The number of anilines is 1. The minimum Gasteiger partial charge on any atom is -0.444 e. The monoisotopic (exact) mass is 538 g/mol. The smallest absolute Gasteiger partial charge is 0.407 e. The molecule has 0 radical (unpaired) electrons. The highest BCUT2D eigenvalue weighted by atomic mass is 19.1. The number of nitrogens with one attached hydrogen (secondary N) is 1. The number of aromatic nitrogens is 3. The molecule has 39 heavy (non-hydrogen) atoms. The van der Waals surface area contributed by atoms with Crippen LogP contribution in [0.4, 0.5) is 15.0 Å². The average Bonchev–Trinajstić information content (AvgIpc) is 3.35. The maximum absolute atomic E-state index is 13.3. The van der Waals surface area contributed by atoms with Crippen molar-refractivity contribution < 1.29 is 23.6 Å². The fourth-order valence-electron chi connectivity index (χ4n) is 4.24. The maximum Gasteiger partial charge on any atom is 0.407 e. The number of imidazole rings is 1. The highest BCUT2D eigenvalue weighted by molar-refractivity contribution is 6.53. The predicted octanol–water partition coefficient (Wildman–Crippen LogP) is 4.74. The summed E-state index contributed by atoms with van der Waals surface area (Å²) >= 11 is 0. The molecule has 0 saturated heterocycles. The molecule has 1 aliphatic rings. The molecule has 3 aromatic rings. The van der Waals surface area contributed by atoms with Crippen molar-refractivity contribution in [3.63, 3.8) is 0 Å². The number of aryl methyl sites for hydroxylation is 1. The van der Waals surface area contributed by atoms with E-state index in [1.807, 2.05) is 39.0 Å². The summed E-state index contributed by atoms with van der Waals surface area (Å²) in [7, 11) is 0. The molecule has 0 atom stereocenters. The van der Waals surface area contributed by atoms with E-state index in [2.05, 4.69) is 33.9 Å². The zero-order valence-corrected chi connectivity index (χ0v) is 23.0. The van der Waals surface area contributed by atoms with Crippen LogP contribution in [0.1, 0.15) is 58.0 Å². The van der Waals surface area contributed by atoms with Crippen LogP contribution in [-0.2, 0) is 34.0 Å². The first-order valence-electron chi connectivity index (χ1n) is 13.1. The minimum atomic E-state index is -0.705. The van der Waals surface area contributed by atoms with Crippen molar-refractivity contribution >= 4 is 34.6 Å². The molecule has 4 rings (SSSR count). The highest BCUT2D eigenvalue weighted by Crippen LogP contribution is 2.30. The van der Waals surface area contributed by atoms with Gasteiger partial charge in [-0.2, -0.15) is 0 Å². The van der Waals surface area contributed by atoms with Crippen LogP contribution in [0.3, 0.4) is 0 Å². The van der Waals surface area contributed by atoms with Crippen molar-refractivity contribution in [2.75, 3.05) is 18.2 Å². The summed E-state index contributed by atoms with van der Waals surface area (Å²) < 4.78 is 20.0. The Hall–Kier alpha value is -4.02. The van der Waals surface area contributed by atoms with Crippen molar-refractivity contribution in [2.24, 2.45) is 11.1 Å². The molecule has 1 N–H and O–H groups in total. The van der Waals surface area contributed by atoms with Crippen LogP contribution in [0.15, 0.2) is 41.7 Å². The van der Waals surface area contributed by atoms with E-state index in [1.165, 1.54) is 4.90 Å². The van der Waals surface area contributed by atoms with E-state index in [0.29, 0.717) is 29.7 Å². The van der Waals surface area contributed by atoms with Crippen LogP contribution in [0.25, 0.3) is 11.0 Å². The third-order valence-corrected chi connectivity index (χ3v) is 6.03. The van der Waals surface area contributed by atoms with Gasteiger partial charge in [-0.05, 0) is 62.9 Å². The first kappa shape index (κ1) is 28.0. The third kappa shape index (κ3) is 6.71. The van der Waals surface area contributed by atoms with Crippen LogP contribution in [0.2, 0.25) is 0 Å². The summed E-state index contributed by atoms with van der Waals surface area (Å²) in [6.45, 7) is 10.00. The first-order valence-corrected chi connectivity index (χ1v) is 13.1. The van der Waals surface area contributed by atoms with Crippen molar-refractivity contribution in [1.29, 1.82) is 0 Å². The van der Waals surface area contributed by atoms with Crippen molar-refractivity contribution in [3.05, 3.63) is 53.5 Å². The number of fused-ring (bicyclic) bond motifs is 2. The SMILES string of the molecule is CC(C)CCn1c(CN2C(=O)/C(=N\OCCF)c3cccnc32)nc2cc(CNC(=O)OC(C)(C)C)ccc21. The van der Waals surface area contributed by atoms with Gasteiger partial charge in [0.1, 0.15) is 30.5 Å². The van der Waals surface area contributed by atoms with Gasteiger partial charge >= 0.3 is 6.09 Å². The highest BCUT2D eigenvalue weighted by Gasteiger charge is 2.37. The van der Waals surface area contributed by atoms with Gasteiger partial charge in [-0.15, -0.1) is 0 Å². The number of carbonyl (C=O) groups is 2. The van der Waals surface area contributed by atoms with E-state index in [-0.39, 0.29) is 24.8 Å². The Kier molecular flexibility index (Phi) is 8.47. The number of hydrogen-bond donors (Lipinski definition) is 1. The lowest BCUT2D eigenvalue weighted by molar-refractivity contribution is -0.112. The lowest BCUT2D eigenvalue weighted by Crippen LogP contribution is -2.32. The number of benzene rings is 1. The molecule has 3 heterocycles. The Morgan fingerprint density at radius 3 is 2.74 bits per heavy atom. The molecule has 1 aromatic carbocycles. The second kappa shape index (κ2) is 11.8. The fourth-order valence-corrected chi connectivity index (χ4v) is 4.24. The van der Waals surface area contributed by atoms with Crippen LogP contribution in [0.5, 0.6) is 0 Å². The molecule has 1 aliphatic heterocycles. The van der Waals surface area contributed by atoms with E-state index in [1.54, 1.807) is 18.3 Å². The Morgan fingerprint density at radius 1 is 1.23 bits per heavy atom. The van der Waals surface area contributed by atoms with Crippen molar-refractivity contribution in [2.45, 2.75) is 66.3 Å². The normalized spacial score (nSPS) is 14.4. The molecule has 0 aliphatic carbocycles. The lowest BCUT2D eigenvalue weighted by Gasteiger charge is -2.19. The molecule has 0 spiro atoms. The number of carbonyl (C=O) groups excluding carboxylic acids is 2. The van der Waals surface area contributed by atoms with E-state index >= 15 is 0 Å². The van der Waals surface area contributed by atoms with Crippen LogP contribution < -0.4 is 10.2 Å². The number of amides is 2. The molecule has 0 saturated carbocycles. The summed E-state index contributed by atoms with van der Waals surface area (Å²) in [6.07, 6.45) is 2.04. The van der Waals surface area contributed by atoms with Crippen LogP contribution in [0, 0.1) is 5.92 Å². The number of hydrogen-bond acceptors (Lipinski definition) is 7.